The lowest BCUT2D eigenvalue weighted by Crippen LogP contribution is -1.88. The summed E-state index contributed by atoms with van der Waals surface area (Å²) >= 11 is 14.0. The molecule has 11 heavy (non-hydrogen) atoms. The van der Waals surface area contributed by atoms with Gasteiger partial charge < -0.3 is 0 Å². The summed E-state index contributed by atoms with van der Waals surface area (Å²) in [5, 5.41) is 0.798. The molecule has 0 fully saturated rings. The van der Waals surface area contributed by atoms with Crippen molar-refractivity contribution in [2.45, 2.75) is 12.8 Å². The highest BCUT2D eigenvalue weighted by Gasteiger charge is 2.05. The van der Waals surface area contributed by atoms with Gasteiger partial charge in [-0.15, -0.1) is 11.6 Å². The largest absolute Gasteiger partial charge is 0.121 e. The molecule has 1 aromatic carbocycles. The lowest BCUT2D eigenvalue weighted by Gasteiger charge is -2.05. The molecule has 0 saturated heterocycles. The van der Waals surface area contributed by atoms with Crippen LogP contribution in [0.25, 0.3) is 0 Å². The Hall–Kier alpha value is 0.530. The first-order valence-electron chi connectivity index (χ1n) is 3.16. The van der Waals surface area contributed by atoms with Gasteiger partial charge in [0.2, 0.25) is 0 Å². The van der Waals surface area contributed by atoms with Gasteiger partial charge in [-0.3, -0.25) is 0 Å². The van der Waals surface area contributed by atoms with Crippen molar-refractivity contribution in [1.29, 1.82) is 0 Å². The molecule has 0 N–H and O–H groups in total. The SMILES string of the molecule is Cc1ccc(I)c(CCl)c1Cl. The molecule has 1 aromatic rings. The number of aryl methyl sites for hydroxylation is 1. The molecule has 0 unspecified atom stereocenters. The van der Waals surface area contributed by atoms with Crippen LogP contribution in [0, 0.1) is 10.5 Å². The van der Waals surface area contributed by atoms with Crippen LogP contribution in [0.3, 0.4) is 0 Å². The van der Waals surface area contributed by atoms with Crippen molar-refractivity contribution in [3.05, 3.63) is 31.9 Å². The Balaban J connectivity index is 3.29. The van der Waals surface area contributed by atoms with E-state index in [4.69, 9.17) is 23.2 Å². The van der Waals surface area contributed by atoms with Gasteiger partial charge in [0, 0.05) is 14.5 Å². The van der Waals surface area contributed by atoms with Gasteiger partial charge in [0.25, 0.3) is 0 Å². The zero-order chi connectivity index (χ0) is 8.43. The first-order valence-corrected chi connectivity index (χ1v) is 5.15. The summed E-state index contributed by atoms with van der Waals surface area (Å²) in [4.78, 5) is 0. The molecule has 0 bridgehead atoms. The fourth-order valence-corrected chi connectivity index (χ4v) is 2.44. The maximum atomic E-state index is 6.01. The van der Waals surface area contributed by atoms with Crippen LogP contribution in [0.5, 0.6) is 0 Å². The maximum Gasteiger partial charge on any atom is 0.0499 e. The lowest BCUT2D eigenvalue weighted by molar-refractivity contribution is 1.32. The average molecular weight is 301 g/mol. The Morgan fingerprint density at radius 3 is 2.55 bits per heavy atom. The van der Waals surface area contributed by atoms with E-state index in [0.717, 1.165) is 19.7 Å². The second-order valence-corrected chi connectivity index (χ2v) is 4.10. The molecule has 3 heteroatoms. The molecule has 0 amide bonds. The second-order valence-electron chi connectivity index (χ2n) is 2.29. The van der Waals surface area contributed by atoms with Crippen LogP contribution in [-0.4, -0.2) is 0 Å². The maximum absolute atomic E-state index is 6.01. The fourth-order valence-electron chi connectivity index (χ4n) is 0.837. The molecule has 0 heterocycles. The molecule has 0 aliphatic rings. The topological polar surface area (TPSA) is 0 Å². The van der Waals surface area contributed by atoms with Crippen LogP contribution in [0.1, 0.15) is 11.1 Å². The molecular formula is C8H7Cl2I. The minimum atomic E-state index is 0.485. The minimum absolute atomic E-state index is 0.485. The van der Waals surface area contributed by atoms with Crippen LogP contribution >= 0.6 is 45.8 Å². The molecule has 0 atom stereocenters. The smallest absolute Gasteiger partial charge is 0.0499 e. The highest BCUT2D eigenvalue weighted by molar-refractivity contribution is 14.1. The molecular weight excluding hydrogens is 294 g/mol. The molecule has 0 aliphatic heterocycles. The van der Waals surface area contributed by atoms with Gasteiger partial charge in [-0.2, -0.15) is 0 Å². The van der Waals surface area contributed by atoms with Gasteiger partial charge in [-0.25, -0.2) is 0 Å². The van der Waals surface area contributed by atoms with E-state index < -0.39 is 0 Å². The van der Waals surface area contributed by atoms with Gasteiger partial charge in [-0.05, 0) is 46.7 Å². The van der Waals surface area contributed by atoms with Crippen molar-refractivity contribution >= 4 is 45.8 Å². The van der Waals surface area contributed by atoms with E-state index in [1.54, 1.807) is 0 Å². The van der Waals surface area contributed by atoms with Crippen molar-refractivity contribution in [1.82, 2.24) is 0 Å². The van der Waals surface area contributed by atoms with E-state index in [9.17, 15) is 0 Å². The first-order chi connectivity index (χ1) is 5.16. The standard InChI is InChI=1S/C8H7Cl2I/c1-5-2-3-7(11)6(4-9)8(5)10/h2-3H,4H2,1H3. The second kappa shape index (κ2) is 3.97. The van der Waals surface area contributed by atoms with Gasteiger partial charge in [0.05, 0.1) is 0 Å². The molecule has 0 nitrogen and oxygen atoms in total. The number of rotatable bonds is 1. The van der Waals surface area contributed by atoms with E-state index in [1.807, 2.05) is 19.1 Å². The molecule has 0 spiro atoms. The number of alkyl halides is 1. The molecule has 0 aliphatic carbocycles. The highest BCUT2D eigenvalue weighted by atomic mass is 127. The van der Waals surface area contributed by atoms with Crippen LogP contribution in [-0.2, 0) is 5.88 Å². The monoisotopic (exact) mass is 300 g/mol. The fraction of sp³-hybridized carbons (Fsp3) is 0.250. The molecule has 1 rings (SSSR count). The summed E-state index contributed by atoms with van der Waals surface area (Å²) in [5.41, 5.74) is 2.12. The van der Waals surface area contributed by atoms with Gasteiger partial charge >= 0.3 is 0 Å². The van der Waals surface area contributed by atoms with Gasteiger partial charge in [0.1, 0.15) is 0 Å². The predicted octanol–water partition coefficient (Wildman–Crippen LogP) is 3.99. The average Bonchev–Trinajstić information content (AvgIpc) is 1.99. The Kier molecular flexibility index (Phi) is 3.47. The van der Waals surface area contributed by atoms with Crippen LogP contribution in [0.15, 0.2) is 12.1 Å². The first kappa shape index (κ1) is 9.62. The zero-order valence-electron chi connectivity index (χ0n) is 6.00. The van der Waals surface area contributed by atoms with E-state index in [0.29, 0.717) is 5.88 Å². The molecule has 0 aromatic heterocycles. The summed E-state index contributed by atoms with van der Waals surface area (Å²) in [5.74, 6) is 0.485. The third-order valence-corrected chi connectivity index (χ3v) is 3.32. The summed E-state index contributed by atoms with van der Waals surface area (Å²) in [6, 6.07) is 4.03. The van der Waals surface area contributed by atoms with Crippen LogP contribution < -0.4 is 0 Å². The summed E-state index contributed by atoms with van der Waals surface area (Å²) < 4.78 is 1.13. The van der Waals surface area contributed by atoms with Gasteiger partial charge in [0.15, 0.2) is 0 Å². The summed E-state index contributed by atoms with van der Waals surface area (Å²) in [7, 11) is 0. The number of hydrogen-bond acceptors (Lipinski definition) is 0. The van der Waals surface area contributed by atoms with Crippen molar-refractivity contribution < 1.29 is 0 Å². The normalized spacial score (nSPS) is 10.2. The lowest BCUT2D eigenvalue weighted by atomic mass is 10.2. The number of hydrogen-bond donors (Lipinski definition) is 0. The van der Waals surface area contributed by atoms with Crippen molar-refractivity contribution in [2.75, 3.05) is 0 Å². The van der Waals surface area contributed by atoms with Gasteiger partial charge in [-0.1, -0.05) is 17.7 Å². The molecule has 0 saturated carbocycles. The molecule has 0 radical (unpaired) electrons. The third-order valence-electron chi connectivity index (χ3n) is 1.51. The number of benzene rings is 1. The summed E-state index contributed by atoms with van der Waals surface area (Å²) in [6.07, 6.45) is 0. The third kappa shape index (κ3) is 2.01. The van der Waals surface area contributed by atoms with E-state index in [-0.39, 0.29) is 0 Å². The predicted molar refractivity (Wildman–Crippen MR) is 58.5 cm³/mol. The number of halogens is 3. The van der Waals surface area contributed by atoms with Crippen molar-refractivity contribution in [2.24, 2.45) is 0 Å². The quantitative estimate of drug-likeness (QED) is 0.543. The Morgan fingerprint density at radius 2 is 2.09 bits per heavy atom. The van der Waals surface area contributed by atoms with Crippen LogP contribution in [0.4, 0.5) is 0 Å². The minimum Gasteiger partial charge on any atom is -0.121 e. The highest BCUT2D eigenvalue weighted by Crippen LogP contribution is 2.26. The zero-order valence-corrected chi connectivity index (χ0v) is 9.67. The molecule has 60 valence electrons. The Labute approximate surface area is 90.0 Å². The van der Waals surface area contributed by atoms with Crippen LogP contribution in [0.2, 0.25) is 5.02 Å². The van der Waals surface area contributed by atoms with E-state index in [2.05, 4.69) is 22.6 Å². The summed E-state index contributed by atoms with van der Waals surface area (Å²) in [6.45, 7) is 1.98. The van der Waals surface area contributed by atoms with E-state index >= 15 is 0 Å². The van der Waals surface area contributed by atoms with Crippen molar-refractivity contribution in [3.8, 4) is 0 Å². The Morgan fingerprint density at radius 1 is 1.45 bits per heavy atom. The van der Waals surface area contributed by atoms with Crippen molar-refractivity contribution in [3.63, 3.8) is 0 Å². The Bertz CT molecular complexity index is 271. The van der Waals surface area contributed by atoms with E-state index in [1.165, 1.54) is 0 Å².